The van der Waals surface area contributed by atoms with Gasteiger partial charge in [-0.2, -0.15) is 0 Å². The summed E-state index contributed by atoms with van der Waals surface area (Å²) >= 11 is 0. The van der Waals surface area contributed by atoms with E-state index >= 15 is 0 Å². The Balaban J connectivity index is 3.97. The third kappa shape index (κ3) is 2.45. The van der Waals surface area contributed by atoms with Crippen molar-refractivity contribution in [2.24, 2.45) is 0 Å². The molecule has 0 saturated heterocycles. The molecule has 1 heteroatoms. The molecule has 0 rings (SSSR count). The molecule has 0 unspecified atom stereocenters. The minimum absolute atomic E-state index is 0.278. The second-order valence-corrected chi connectivity index (χ2v) is 1.94. The standard InChI is InChI=1S/C8H14O/c1-4-7(5-2)8(9)6-3/h4H,5-6H2,1-3H3. The van der Waals surface area contributed by atoms with E-state index in [0.717, 1.165) is 12.0 Å². The number of Topliss-reactive ketones (excluding diaryl/α,β-unsaturated/α-hetero) is 1. The van der Waals surface area contributed by atoms with Crippen LogP contribution in [-0.4, -0.2) is 5.78 Å². The first kappa shape index (κ1) is 8.41. The Morgan fingerprint density at radius 3 is 2.00 bits per heavy atom. The molecule has 0 aromatic heterocycles. The van der Waals surface area contributed by atoms with Crippen LogP contribution in [0.4, 0.5) is 0 Å². The number of rotatable bonds is 3. The molecule has 0 spiro atoms. The monoisotopic (exact) mass is 126 g/mol. The van der Waals surface area contributed by atoms with Crippen LogP contribution in [0.25, 0.3) is 0 Å². The minimum Gasteiger partial charge on any atom is -0.295 e. The normalized spacial score (nSPS) is 11.7. The van der Waals surface area contributed by atoms with Gasteiger partial charge in [0, 0.05) is 6.42 Å². The fourth-order valence-corrected chi connectivity index (χ4v) is 0.789. The van der Waals surface area contributed by atoms with Crippen molar-refractivity contribution in [2.45, 2.75) is 33.6 Å². The summed E-state index contributed by atoms with van der Waals surface area (Å²) in [5.74, 6) is 0.278. The molecule has 0 aliphatic rings. The number of hydrogen-bond donors (Lipinski definition) is 0. The van der Waals surface area contributed by atoms with Crippen molar-refractivity contribution in [3.05, 3.63) is 11.6 Å². The van der Waals surface area contributed by atoms with E-state index in [0.29, 0.717) is 6.42 Å². The Kier molecular flexibility index (Phi) is 4.02. The first-order valence-electron chi connectivity index (χ1n) is 3.44. The first-order chi connectivity index (χ1) is 4.26. The van der Waals surface area contributed by atoms with Crippen molar-refractivity contribution in [3.8, 4) is 0 Å². The largest absolute Gasteiger partial charge is 0.295 e. The molecular formula is C8H14O. The highest BCUT2D eigenvalue weighted by Gasteiger charge is 2.00. The zero-order valence-electron chi connectivity index (χ0n) is 6.40. The molecule has 0 radical (unpaired) electrons. The van der Waals surface area contributed by atoms with Gasteiger partial charge in [0.05, 0.1) is 0 Å². The fourth-order valence-electron chi connectivity index (χ4n) is 0.789. The summed E-state index contributed by atoms with van der Waals surface area (Å²) in [7, 11) is 0. The third-order valence-electron chi connectivity index (χ3n) is 1.41. The van der Waals surface area contributed by atoms with Crippen LogP contribution in [0.2, 0.25) is 0 Å². The van der Waals surface area contributed by atoms with Crippen LogP contribution in [-0.2, 0) is 4.79 Å². The highest BCUT2D eigenvalue weighted by molar-refractivity contribution is 5.94. The Hall–Kier alpha value is -0.590. The second-order valence-electron chi connectivity index (χ2n) is 1.94. The van der Waals surface area contributed by atoms with Crippen molar-refractivity contribution >= 4 is 5.78 Å². The van der Waals surface area contributed by atoms with Gasteiger partial charge in [-0.25, -0.2) is 0 Å². The van der Waals surface area contributed by atoms with E-state index in [9.17, 15) is 4.79 Å². The molecule has 9 heavy (non-hydrogen) atoms. The van der Waals surface area contributed by atoms with Crippen LogP contribution in [0.1, 0.15) is 33.6 Å². The summed E-state index contributed by atoms with van der Waals surface area (Å²) in [6, 6.07) is 0. The molecule has 0 aliphatic heterocycles. The molecular weight excluding hydrogens is 112 g/mol. The van der Waals surface area contributed by atoms with Crippen LogP contribution < -0.4 is 0 Å². The van der Waals surface area contributed by atoms with Gasteiger partial charge in [0.1, 0.15) is 0 Å². The number of ketones is 1. The summed E-state index contributed by atoms with van der Waals surface area (Å²) in [5, 5.41) is 0. The van der Waals surface area contributed by atoms with E-state index in [2.05, 4.69) is 0 Å². The molecule has 0 fully saturated rings. The maximum Gasteiger partial charge on any atom is 0.158 e. The van der Waals surface area contributed by atoms with Gasteiger partial charge in [0.2, 0.25) is 0 Å². The quantitative estimate of drug-likeness (QED) is 0.530. The molecule has 0 atom stereocenters. The minimum atomic E-state index is 0.278. The van der Waals surface area contributed by atoms with Gasteiger partial charge < -0.3 is 0 Å². The summed E-state index contributed by atoms with van der Waals surface area (Å²) < 4.78 is 0. The van der Waals surface area contributed by atoms with Crippen LogP contribution in [0, 0.1) is 0 Å². The van der Waals surface area contributed by atoms with Gasteiger partial charge in [-0.05, 0) is 18.9 Å². The lowest BCUT2D eigenvalue weighted by molar-refractivity contribution is -0.115. The summed E-state index contributed by atoms with van der Waals surface area (Å²) in [4.78, 5) is 10.9. The van der Waals surface area contributed by atoms with E-state index in [1.165, 1.54) is 0 Å². The van der Waals surface area contributed by atoms with Crippen molar-refractivity contribution in [1.82, 2.24) is 0 Å². The topological polar surface area (TPSA) is 17.1 Å². The van der Waals surface area contributed by atoms with Gasteiger partial charge >= 0.3 is 0 Å². The maximum absolute atomic E-state index is 10.9. The zero-order valence-corrected chi connectivity index (χ0v) is 6.40. The van der Waals surface area contributed by atoms with Crippen molar-refractivity contribution < 1.29 is 4.79 Å². The molecule has 0 aromatic rings. The van der Waals surface area contributed by atoms with Gasteiger partial charge in [0.15, 0.2) is 5.78 Å². The van der Waals surface area contributed by atoms with Crippen molar-refractivity contribution in [1.29, 1.82) is 0 Å². The summed E-state index contributed by atoms with van der Waals surface area (Å²) in [6.45, 7) is 5.80. The van der Waals surface area contributed by atoms with Crippen molar-refractivity contribution in [3.63, 3.8) is 0 Å². The Labute approximate surface area is 56.8 Å². The molecule has 0 heterocycles. The Morgan fingerprint density at radius 2 is 1.89 bits per heavy atom. The van der Waals surface area contributed by atoms with Crippen LogP contribution in [0.5, 0.6) is 0 Å². The predicted octanol–water partition coefficient (Wildman–Crippen LogP) is 2.32. The fraction of sp³-hybridized carbons (Fsp3) is 0.625. The summed E-state index contributed by atoms with van der Waals surface area (Å²) in [5.41, 5.74) is 0.956. The lowest BCUT2D eigenvalue weighted by Crippen LogP contribution is -1.98. The van der Waals surface area contributed by atoms with Crippen LogP contribution in [0.15, 0.2) is 11.6 Å². The van der Waals surface area contributed by atoms with Gasteiger partial charge in [-0.15, -0.1) is 0 Å². The number of carbonyl (C=O) groups is 1. The molecule has 0 aromatic carbocycles. The molecule has 0 aliphatic carbocycles. The van der Waals surface area contributed by atoms with E-state index in [1.807, 2.05) is 26.8 Å². The summed E-state index contributed by atoms with van der Waals surface area (Å²) in [6.07, 6.45) is 3.39. The number of allylic oxidation sites excluding steroid dienone is 2. The zero-order chi connectivity index (χ0) is 7.28. The van der Waals surface area contributed by atoms with Gasteiger partial charge in [-0.3, -0.25) is 4.79 Å². The lowest BCUT2D eigenvalue weighted by Gasteiger charge is -1.96. The maximum atomic E-state index is 10.9. The van der Waals surface area contributed by atoms with Gasteiger partial charge in [-0.1, -0.05) is 19.9 Å². The smallest absolute Gasteiger partial charge is 0.158 e. The number of carbonyl (C=O) groups excluding carboxylic acids is 1. The van der Waals surface area contributed by atoms with Crippen LogP contribution >= 0.6 is 0 Å². The molecule has 1 nitrogen and oxygen atoms in total. The third-order valence-corrected chi connectivity index (χ3v) is 1.41. The molecule has 52 valence electrons. The Bertz CT molecular complexity index is 123. The molecule has 0 N–H and O–H groups in total. The average Bonchev–Trinajstić information content (AvgIpc) is 1.90. The number of hydrogen-bond acceptors (Lipinski definition) is 1. The van der Waals surface area contributed by atoms with Gasteiger partial charge in [0.25, 0.3) is 0 Å². The SMILES string of the molecule is CC=C(CC)C(=O)CC. The molecule has 0 saturated carbocycles. The van der Waals surface area contributed by atoms with E-state index < -0.39 is 0 Å². The van der Waals surface area contributed by atoms with E-state index in [1.54, 1.807) is 0 Å². The highest BCUT2D eigenvalue weighted by Crippen LogP contribution is 2.03. The van der Waals surface area contributed by atoms with Crippen LogP contribution in [0.3, 0.4) is 0 Å². The molecule has 0 bridgehead atoms. The second kappa shape index (κ2) is 4.30. The lowest BCUT2D eigenvalue weighted by atomic mass is 10.1. The Morgan fingerprint density at radius 1 is 1.33 bits per heavy atom. The first-order valence-corrected chi connectivity index (χ1v) is 3.44. The van der Waals surface area contributed by atoms with E-state index in [4.69, 9.17) is 0 Å². The predicted molar refractivity (Wildman–Crippen MR) is 39.3 cm³/mol. The average molecular weight is 126 g/mol. The highest BCUT2D eigenvalue weighted by atomic mass is 16.1. The molecule has 0 amide bonds. The van der Waals surface area contributed by atoms with Crippen molar-refractivity contribution in [2.75, 3.05) is 0 Å². The van der Waals surface area contributed by atoms with E-state index in [-0.39, 0.29) is 5.78 Å².